The van der Waals surface area contributed by atoms with Crippen molar-refractivity contribution in [1.29, 1.82) is 0 Å². The van der Waals surface area contributed by atoms with Crippen LogP contribution in [0.2, 0.25) is 0 Å². The summed E-state index contributed by atoms with van der Waals surface area (Å²) in [6, 6.07) is 3.39. The van der Waals surface area contributed by atoms with Crippen molar-refractivity contribution in [3.05, 3.63) is 47.2 Å². The summed E-state index contributed by atoms with van der Waals surface area (Å²) in [5, 5.41) is 4.30. The number of carbonyl (C=O) groups is 2. The second-order valence-electron chi connectivity index (χ2n) is 5.40. The predicted molar refractivity (Wildman–Crippen MR) is 91.6 cm³/mol. The fourth-order valence-corrected chi connectivity index (χ4v) is 2.80. The third kappa shape index (κ3) is 4.59. The molecule has 2 heterocycles. The lowest BCUT2D eigenvalue weighted by molar-refractivity contribution is -0.153. The van der Waals surface area contributed by atoms with E-state index in [1.165, 1.54) is 13.0 Å². The van der Waals surface area contributed by atoms with Gasteiger partial charge < -0.3 is 14.2 Å². The molecule has 0 saturated carbocycles. The molecule has 1 N–H and O–H groups in total. The second kappa shape index (κ2) is 8.12. The van der Waals surface area contributed by atoms with Gasteiger partial charge in [-0.25, -0.2) is 18.6 Å². The van der Waals surface area contributed by atoms with Crippen LogP contribution < -0.4 is 5.32 Å². The number of aromatic nitrogens is 1. The number of benzene rings is 1. The Balaban J connectivity index is 1.60. The van der Waals surface area contributed by atoms with Crippen molar-refractivity contribution in [3.63, 3.8) is 0 Å². The largest absolute Gasteiger partial charge is 0.493 e. The minimum atomic E-state index is -1.11. The molecule has 0 unspecified atom stereocenters. The molecule has 0 bridgehead atoms. The summed E-state index contributed by atoms with van der Waals surface area (Å²) in [6.07, 6.45) is 0.0188. The van der Waals surface area contributed by atoms with E-state index in [2.05, 4.69) is 10.3 Å². The molecule has 1 amide bonds. The van der Waals surface area contributed by atoms with Gasteiger partial charge >= 0.3 is 5.97 Å². The Kier molecular flexibility index (Phi) is 5.65. The van der Waals surface area contributed by atoms with E-state index in [1.54, 1.807) is 5.38 Å². The number of ether oxygens (including phenoxy) is 3. The van der Waals surface area contributed by atoms with Crippen molar-refractivity contribution < 1.29 is 32.6 Å². The van der Waals surface area contributed by atoms with E-state index < -0.39 is 29.6 Å². The van der Waals surface area contributed by atoms with E-state index in [-0.39, 0.29) is 17.5 Å². The Morgan fingerprint density at radius 3 is 2.81 bits per heavy atom. The molecule has 1 aromatic heterocycles. The molecule has 3 rings (SSSR count). The highest BCUT2D eigenvalue weighted by atomic mass is 32.1. The highest BCUT2D eigenvalue weighted by Crippen LogP contribution is 2.26. The van der Waals surface area contributed by atoms with Crippen molar-refractivity contribution in [2.45, 2.75) is 13.0 Å². The van der Waals surface area contributed by atoms with Crippen LogP contribution in [-0.2, 0) is 23.8 Å². The summed E-state index contributed by atoms with van der Waals surface area (Å²) < 4.78 is 41.4. The monoisotopic (exact) mass is 396 g/mol. The molecular formula is C17H14F2N2O5S. The van der Waals surface area contributed by atoms with Gasteiger partial charge in [-0.05, 0) is 25.1 Å². The molecule has 2 aromatic rings. The number of esters is 1. The zero-order valence-electron chi connectivity index (χ0n) is 14.0. The summed E-state index contributed by atoms with van der Waals surface area (Å²) in [7, 11) is 0. The fourth-order valence-electron chi connectivity index (χ4n) is 2.07. The van der Waals surface area contributed by atoms with Gasteiger partial charge in [0.1, 0.15) is 19.5 Å². The molecular weight excluding hydrogens is 382 g/mol. The molecule has 10 heteroatoms. The summed E-state index contributed by atoms with van der Waals surface area (Å²) in [5.74, 6) is -3.49. The number of nitrogens with one attached hydrogen (secondary N) is 1. The van der Waals surface area contributed by atoms with Crippen molar-refractivity contribution in [2.24, 2.45) is 0 Å². The smallest absolute Gasteiger partial charge is 0.377 e. The highest BCUT2D eigenvalue weighted by Gasteiger charge is 2.24. The van der Waals surface area contributed by atoms with Gasteiger partial charge in [0.15, 0.2) is 22.9 Å². The van der Waals surface area contributed by atoms with Crippen LogP contribution in [0.15, 0.2) is 35.6 Å². The molecule has 142 valence electrons. The van der Waals surface area contributed by atoms with Crippen LogP contribution in [0.25, 0.3) is 11.3 Å². The van der Waals surface area contributed by atoms with Gasteiger partial charge in [-0.15, -0.1) is 11.3 Å². The van der Waals surface area contributed by atoms with E-state index in [0.717, 1.165) is 29.7 Å². The van der Waals surface area contributed by atoms with Gasteiger partial charge in [0.2, 0.25) is 5.76 Å². The van der Waals surface area contributed by atoms with Gasteiger partial charge in [-0.2, -0.15) is 0 Å². The zero-order chi connectivity index (χ0) is 19.4. The summed E-state index contributed by atoms with van der Waals surface area (Å²) in [4.78, 5) is 28.2. The second-order valence-corrected chi connectivity index (χ2v) is 6.26. The molecule has 0 spiro atoms. The SMILES string of the molecule is C[C@@H](OC(=O)C1=COCCO1)C(=O)Nc1nc(-c2ccc(F)c(F)c2)cs1. The maximum atomic E-state index is 13.3. The predicted octanol–water partition coefficient (Wildman–Crippen LogP) is 2.85. The van der Waals surface area contributed by atoms with E-state index in [0.29, 0.717) is 17.9 Å². The van der Waals surface area contributed by atoms with Crippen LogP contribution in [0.5, 0.6) is 0 Å². The van der Waals surface area contributed by atoms with Crippen LogP contribution in [0.3, 0.4) is 0 Å². The van der Waals surface area contributed by atoms with E-state index >= 15 is 0 Å². The number of thiazole rings is 1. The van der Waals surface area contributed by atoms with Gasteiger partial charge in [-0.1, -0.05) is 0 Å². The summed E-state index contributed by atoms with van der Waals surface area (Å²) in [6.45, 7) is 1.94. The molecule has 1 aromatic carbocycles. The number of hydrogen-bond donors (Lipinski definition) is 1. The average Bonchev–Trinajstić information content (AvgIpc) is 3.13. The fraction of sp³-hybridized carbons (Fsp3) is 0.235. The number of carbonyl (C=O) groups excluding carboxylic acids is 2. The van der Waals surface area contributed by atoms with Crippen LogP contribution in [0.4, 0.5) is 13.9 Å². The van der Waals surface area contributed by atoms with Gasteiger partial charge in [0.25, 0.3) is 5.91 Å². The molecule has 0 fully saturated rings. The Hall–Kier alpha value is -3.01. The van der Waals surface area contributed by atoms with Gasteiger partial charge in [-0.3, -0.25) is 10.1 Å². The Morgan fingerprint density at radius 1 is 1.30 bits per heavy atom. The first-order valence-corrected chi connectivity index (χ1v) is 8.69. The lowest BCUT2D eigenvalue weighted by atomic mass is 10.2. The first-order chi connectivity index (χ1) is 12.9. The first-order valence-electron chi connectivity index (χ1n) is 7.81. The third-order valence-electron chi connectivity index (χ3n) is 3.45. The molecule has 1 atom stereocenters. The average molecular weight is 396 g/mol. The molecule has 0 aliphatic carbocycles. The topological polar surface area (TPSA) is 86.8 Å². The highest BCUT2D eigenvalue weighted by molar-refractivity contribution is 7.14. The third-order valence-corrected chi connectivity index (χ3v) is 4.21. The maximum Gasteiger partial charge on any atom is 0.377 e. The van der Waals surface area contributed by atoms with Crippen molar-refractivity contribution in [1.82, 2.24) is 4.98 Å². The maximum absolute atomic E-state index is 13.3. The summed E-state index contributed by atoms with van der Waals surface area (Å²) in [5.41, 5.74) is 0.739. The van der Waals surface area contributed by atoms with Gasteiger partial charge in [0, 0.05) is 10.9 Å². The number of halogens is 2. The van der Waals surface area contributed by atoms with E-state index in [9.17, 15) is 18.4 Å². The number of nitrogens with zero attached hydrogens (tertiary/aromatic N) is 1. The zero-order valence-corrected chi connectivity index (χ0v) is 14.8. The lowest BCUT2D eigenvalue weighted by Crippen LogP contribution is -2.31. The molecule has 1 aliphatic rings. The molecule has 0 radical (unpaired) electrons. The molecule has 7 nitrogen and oxygen atoms in total. The standard InChI is InChI=1S/C17H14F2N2O5S/c1-9(26-16(23)14-7-24-4-5-25-14)15(22)21-17-20-13(8-27-17)10-2-3-11(18)12(19)6-10/h2-3,6-9H,4-5H2,1H3,(H,20,21,22)/t9-/m1/s1. The summed E-state index contributed by atoms with van der Waals surface area (Å²) >= 11 is 1.09. The quantitative estimate of drug-likeness (QED) is 0.782. The molecule has 0 saturated heterocycles. The normalized spacial score (nSPS) is 14.4. The van der Waals surface area contributed by atoms with Crippen LogP contribution in [-0.4, -0.2) is 36.2 Å². The lowest BCUT2D eigenvalue weighted by Gasteiger charge is -2.17. The van der Waals surface area contributed by atoms with Crippen molar-refractivity contribution in [3.8, 4) is 11.3 Å². The van der Waals surface area contributed by atoms with Crippen LogP contribution >= 0.6 is 11.3 Å². The first kappa shape index (κ1) is 18.8. The Morgan fingerprint density at radius 2 is 2.11 bits per heavy atom. The number of rotatable bonds is 5. The number of anilines is 1. The van der Waals surface area contributed by atoms with E-state index in [1.807, 2.05) is 0 Å². The molecule has 1 aliphatic heterocycles. The van der Waals surface area contributed by atoms with Crippen LogP contribution in [0.1, 0.15) is 6.92 Å². The Labute approximate surface area is 156 Å². The minimum absolute atomic E-state index is 0.115. The van der Waals surface area contributed by atoms with E-state index in [4.69, 9.17) is 14.2 Å². The minimum Gasteiger partial charge on any atom is -0.493 e. The van der Waals surface area contributed by atoms with Crippen LogP contribution in [0, 0.1) is 11.6 Å². The van der Waals surface area contributed by atoms with Crippen molar-refractivity contribution in [2.75, 3.05) is 18.5 Å². The Bertz CT molecular complexity index is 899. The molecule has 27 heavy (non-hydrogen) atoms. The van der Waals surface area contributed by atoms with Gasteiger partial charge in [0.05, 0.1) is 5.69 Å². The van der Waals surface area contributed by atoms with Crippen molar-refractivity contribution >= 4 is 28.3 Å². The number of hydrogen-bond acceptors (Lipinski definition) is 7. The number of amides is 1.